The number of carbonyl (C=O) groups is 1. The lowest BCUT2D eigenvalue weighted by molar-refractivity contribution is -0.120. The summed E-state index contributed by atoms with van der Waals surface area (Å²) < 4.78 is 0. The molecule has 1 aromatic heterocycles. The molecule has 0 bridgehead atoms. The smallest absolute Gasteiger partial charge is 0.246 e. The lowest BCUT2D eigenvalue weighted by Gasteiger charge is -2.24. The molecule has 1 unspecified atom stereocenters. The molecule has 1 saturated carbocycles. The monoisotopic (exact) mass is 249 g/mol. The van der Waals surface area contributed by atoms with Crippen molar-refractivity contribution < 1.29 is 4.79 Å². The minimum absolute atomic E-state index is 0.0393. The number of rotatable bonds is 3. The summed E-state index contributed by atoms with van der Waals surface area (Å²) in [5, 5.41) is 3.23. The molecule has 5 heteroatoms. The van der Waals surface area contributed by atoms with Gasteiger partial charge in [0.05, 0.1) is 6.04 Å². The van der Waals surface area contributed by atoms with Gasteiger partial charge in [-0.25, -0.2) is 4.98 Å². The van der Waals surface area contributed by atoms with E-state index in [0.29, 0.717) is 6.04 Å². The standard InChI is InChI=1S/C12H15N3OS/c16-12(10-7-17-8-14-10)15(9-4-5-9)11-3-1-2-6-13-11/h1-3,6,9-10,14H,4-5,7-8H2. The molecule has 1 amide bonds. The maximum Gasteiger partial charge on any atom is 0.246 e. The summed E-state index contributed by atoms with van der Waals surface area (Å²) in [6.07, 6.45) is 3.94. The third-order valence-corrected chi connectivity index (χ3v) is 4.00. The minimum Gasteiger partial charge on any atom is -0.296 e. The van der Waals surface area contributed by atoms with E-state index in [4.69, 9.17) is 0 Å². The van der Waals surface area contributed by atoms with Crippen molar-refractivity contribution in [2.75, 3.05) is 16.5 Å². The highest BCUT2D eigenvalue weighted by atomic mass is 32.2. The van der Waals surface area contributed by atoms with Gasteiger partial charge < -0.3 is 0 Å². The number of hydrogen-bond donors (Lipinski definition) is 1. The van der Waals surface area contributed by atoms with Crippen LogP contribution in [0.5, 0.6) is 0 Å². The average molecular weight is 249 g/mol. The van der Waals surface area contributed by atoms with Crippen molar-refractivity contribution in [1.82, 2.24) is 10.3 Å². The predicted molar refractivity (Wildman–Crippen MR) is 69.0 cm³/mol. The van der Waals surface area contributed by atoms with Crippen molar-refractivity contribution in [3.63, 3.8) is 0 Å². The Morgan fingerprint density at radius 2 is 2.35 bits per heavy atom. The number of nitrogens with zero attached hydrogens (tertiary/aromatic N) is 2. The second-order valence-corrected chi connectivity index (χ2v) is 5.43. The average Bonchev–Trinajstić information content (AvgIpc) is 3.04. The highest BCUT2D eigenvalue weighted by molar-refractivity contribution is 7.99. The molecule has 1 saturated heterocycles. The van der Waals surface area contributed by atoms with Crippen LogP contribution in [0.25, 0.3) is 0 Å². The molecule has 1 N–H and O–H groups in total. The topological polar surface area (TPSA) is 45.2 Å². The van der Waals surface area contributed by atoms with Crippen molar-refractivity contribution in [2.24, 2.45) is 0 Å². The Kier molecular flexibility index (Phi) is 3.03. The number of pyridine rings is 1. The maximum atomic E-state index is 12.4. The molecular weight excluding hydrogens is 234 g/mol. The van der Waals surface area contributed by atoms with E-state index in [1.54, 1.807) is 18.0 Å². The number of carbonyl (C=O) groups excluding carboxylic acids is 1. The van der Waals surface area contributed by atoms with Gasteiger partial charge in [0.25, 0.3) is 0 Å². The van der Waals surface area contributed by atoms with Crippen molar-refractivity contribution in [2.45, 2.75) is 24.9 Å². The first-order valence-corrected chi connectivity index (χ1v) is 7.07. The number of thioether (sulfide) groups is 1. The van der Waals surface area contributed by atoms with E-state index in [2.05, 4.69) is 10.3 Å². The molecule has 2 fully saturated rings. The van der Waals surface area contributed by atoms with E-state index in [1.807, 2.05) is 23.1 Å². The van der Waals surface area contributed by atoms with Crippen molar-refractivity contribution in [3.05, 3.63) is 24.4 Å². The van der Waals surface area contributed by atoms with Crippen LogP contribution in [-0.4, -0.2) is 34.6 Å². The van der Waals surface area contributed by atoms with Crippen LogP contribution in [0.15, 0.2) is 24.4 Å². The zero-order valence-electron chi connectivity index (χ0n) is 9.50. The van der Waals surface area contributed by atoms with Crippen molar-refractivity contribution >= 4 is 23.5 Å². The predicted octanol–water partition coefficient (Wildman–Crippen LogP) is 1.24. The number of nitrogens with one attached hydrogen (secondary N) is 1. The van der Waals surface area contributed by atoms with E-state index in [1.165, 1.54) is 0 Å². The largest absolute Gasteiger partial charge is 0.296 e. The molecule has 0 aromatic carbocycles. The first kappa shape index (κ1) is 11.0. The van der Waals surface area contributed by atoms with Crippen LogP contribution in [-0.2, 0) is 4.79 Å². The highest BCUT2D eigenvalue weighted by Gasteiger charge is 2.38. The third kappa shape index (κ3) is 2.30. The lowest BCUT2D eigenvalue weighted by atomic mass is 10.2. The fourth-order valence-electron chi connectivity index (χ4n) is 2.03. The fraction of sp³-hybridized carbons (Fsp3) is 0.500. The lowest BCUT2D eigenvalue weighted by Crippen LogP contribution is -2.46. The van der Waals surface area contributed by atoms with Crippen LogP contribution in [0, 0.1) is 0 Å². The summed E-state index contributed by atoms with van der Waals surface area (Å²) in [6, 6.07) is 6.05. The molecule has 1 aliphatic carbocycles. The highest BCUT2D eigenvalue weighted by Crippen LogP contribution is 2.31. The van der Waals surface area contributed by atoms with Crippen molar-refractivity contribution in [1.29, 1.82) is 0 Å². The van der Waals surface area contributed by atoms with Gasteiger partial charge in [0, 0.05) is 23.9 Å². The normalized spacial score (nSPS) is 23.6. The zero-order valence-corrected chi connectivity index (χ0v) is 10.3. The summed E-state index contributed by atoms with van der Waals surface area (Å²) in [5.74, 6) is 2.71. The summed E-state index contributed by atoms with van der Waals surface area (Å²) in [5.41, 5.74) is 0. The Morgan fingerprint density at radius 1 is 1.47 bits per heavy atom. The molecule has 0 spiro atoms. The second-order valence-electron chi connectivity index (χ2n) is 4.40. The molecule has 1 atom stereocenters. The number of amides is 1. The fourth-order valence-corrected chi connectivity index (χ4v) is 2.96. The van der Waals surface area contributed by atoms with Gasteiger partial charge in [-0.2, -0.15) is 0 Å². The first-order chi connectivity index (χ1) is 8.36. The van der Waals surface area contributed by atoms with Gasteiger partial charge in [0.15, 0.2) is 0 Å². The molecule has 1 aromatic rings. The molecule has 2 aliphatic rings. The van der Waals surface area contributed by atoms with Gasteiger partial charge in [-0.3, -0.25) is 15.0 Å². The van der Waals surface area contributed by atoms with E-state index in [-0.39, 0.29) is 11.9 Å². The van der Waals surface area contributed by atoms with Gasteiger partial charge >= 0.3 is 0 Å². The van der Waals surface area contributed by atoms with E-state index in [9.17, 15) is 4.79 Å². The Morgan fingerprint density at radius 3 is 2.94 bits per heavy atom. The first-order valence-electron chi connectivity index (χ1n) is 5.91. The quantitative estimate of drug-likeness (QED) is 0.875. The molecule has 90 valence electrons. The van der Waals surface area contributed by atoms with Gasteiger partial charge in [-0.05, 0) is 25.0 Å². The molecular formula is C12H15N3OS. The molecule has 0 radical (unpaired) electrons. The van der Waals surface area contributed by atoms with Crippen LogP contribution in [0.2, 0.25) is 0 Å². The van der Waals surface area contributed by atoms with Crippen LogP contribution in [0.4, 0.5) is 5.82 Å². The minimum atomic E-state index is -0.0393. The summed E-state index contributed by atoms with van der Waals surface area (Å²) in [6.45, 7) is 0. The Labute approximate surface area is 105 Å². The SMILES string of the molecule is O=C(C1CSCN1)N(c1ccccn1)C1CC1. The number of hydrogen-bond acceptors (Lipinski definition) is 4. The summed E-state index contributed by atoms with van der Waals surface area (Å²) >= 11 is 1.78. The molecule has 2 heterocycles. The summed E-state index contributed by atoms with van der Waals surface area (Å²) in [7, 11) is 0. The van der Waals surface area contributed by atoms with Crippen LogP contribution in [0.1, 0.15) is 12.8 Å². The van der Waals surface area contributed by atoms with Crippen LogP contribution >= 0.6 is 11.8 Å². The second kappa shape index (κ2) is 4.66. The van der Waals surface area contributed by atoms with Crippen molar-refractivity contribution in [3.8, 4) is 0 Å². The van der Waals surface area contributed by atoms with Gasteiger partial charge in [0.2, 0.25) is 5.91 Å². The van der Waals surface area contributed by atoms with Gasteiger partial charge in [-0.15, -0.1) is 11.8 Å². The van der Waals surface area contributed by atoms with Crippen LogP contribution in [0.3, 0.4) is 0 Å². The number of aromatic nitrogens is 1. The van der Waals surface area contributed by atoms with Crippen LogP contribution < -0.4 is 10.2 Å². The zero-order chi connectivity index (χ0) is 11.7. The summed E-state index contributed by atoms with van der Waals surface area (Å²) in [4.78, 5) is 18.6. The molecule has 4 nitrogen and oxygen atoms in total. The van der Waals surface area contributed by atoms with E-state index >= 15 is 0 Å². The Bertz CT molecular complexity index is 401. The van der Waals surface area contributed by atoms with Gasteiger partial charge in [-0.1, -0.05) is 6.07 Å². The Hall–Kier alpha value is -1.07. The Balaban J connectivity index is 1.82. The van der Waals surface area contributed by atoms with E-state index < -0.39 is 0 Å². The maximum absolute atomic E-state index is 12.4. The molecule has 17 heavy (non-hydrogen) atoms. The molecule has 1 aliphatic heterocycles. The van der Waals surface area contributed by atoms with E-state index in [0.717, 1.165) is 30.3 Å². The number of anilines is 1. The molecule has 3 rings (SSSR count). The third-order valence-electron chi connectivity index (χ3n) is 3.06. The van der Waals surface area contributed by atoms with Gasteiger partial charge in [0.1, 0.15) is 5.82 Å².